The number of piperidine rings is 3. The molecule has 5 rings (SSSR count). The van der Waals surface area contributed by atoms with E-state index >= 15 is 0 Å². The van der Waals surface area contributed by atoms with Crippen LogP contribution in [0.3, 0.4) is 0 Å². The fourth-order valence-electron chi connectivity index (χ4n) is 3.27. The van der Waals surface area contributed by atoms with Crippen LogP contribution in [0.1, 0.15) is 22.5 Å². The summed E-state index contributed by atoms with van der Waals surface area (Å²) in [7, 11) is 1.48. The molecule has 128 valence electrons. The largest absolute Gasteiger partial charge is 0.452 e. The number of methoxy groups -OCH3 is 1. The molecule has 3 saturated heterocycles. The van der Waals surface area contributed by atoms with Crippen molar-refractivity contribution in [1.29, 1.82) is 0 Å². The molecule has 9 heteroatoms. The van der Waals surface area contributed by atoms with Crippen LogP contribution in [0, 0.1) is 5.92 Å². The molecular weight excluding hydrogens is 348 g/mol. The van der Waals surface area contributed by atoms with E-state index < -0.39 is 0 Å². The molecule has 1 N–H and O–H groups in total. The van der Waals surface area contributed by atoms with E-state index in [1.165, 1.54) is 56.1 Å². The number of fused-ring (bicyclic) bond motifs is 3. The molecule has 0 radical (unpaired) electrons. The first kappa shape index (κ1) is 15.9. The summed E-state index contributed by atoms with van der Waals surface area (Å²) in [5.74, 6) is 0.632. The van der Waals surface area contributed by atoms with Crippen molar-refractivity contribution >= 4 is 29.0 Å². The van der Waals surface area contributed by atoms with Gasteiger partial charge < -0.3 is 19.4 Å². The maximum absolute atomic E-state index is 12.5. The summed E-state index contributed by atoms with van der Waals surface area (Å²) >= 11 is 2.76. The second-order valence-electron chi connectivity index (χ2n) is 5.98. The molecule has 1 atom stereocenters. The van der Waals surface area contributed by atoms with Gasteiger partial charge in [0.15, 0.2) is 0 Å². The van der Waals surface area contributed by atoms with Crippen LogP contribution >= 0.6 is 23.1 Å². The lowest BCUT2D eigenvalue weighted by Gasteiger charge is -2.44. The number of aromatic nitrogens is 2. The Labute approximate surface area is 147 Å². The van der Waals surface area contributed by atoms with Crippen LogP contribution in [0.4, 0.5) is 0 Å². The molecular formula is C15H18N4O3S2. The lowest BCUT2D eigenvalue weighted by molar-refractivity contribution is 0.0622. The molecule has 2 aromatic rings. The Morgan fingerprint density at radius 3 is 2.92 bits per heavy atom. The highest BCUT2D eigenvalue weighted by atomic mass is 32.2. The summed E-state index contributed by atoms with van der Waals surface area (Å²) in [4.78, 5) is 15.6. The normalized spacial score (nSPS) is 25.6. The minimum Gasteiger partial charge on any atom is -0.452 e. The van der Waals surface area contributed by atoms with E-state index in [9.17, 15) is 4.79 Å². The third-order valence-electron chi connectivity index (χ3n) is 4.53. The molecule has 5 heterocycles. The molecule has 0 saturated carbocycles. The number of hydrogen-bond donors (Lipinski definition) is 1. The standard InChI is InChI=1S/C15H18N4O3S2/c1-21-14-17-18-15(22-14)24-12-3-2-11(23-12)13(20)16-10-8-19-6-4-9(10)5-7-19/h2-3,9-10H,4-8H2,1H3,(H,16,20)/t10-/m0/s1. The summed E-state index contributed by atoms with van der Waals surface area (Å²) in [6.45, 7) is 3.32. The second kappa shape index (κ2) is 6.73. The minimum absolute atomic E-state index is 0.00806. The van der Waals surface area contributed by atoms with Crippen molar-refractivity contribution in [3.05, 3.63) is 17.0 Å². The maximum atomic E-state index is 12.5. The fraction of sp³-hybridized carbons (Fsp3) is 0.533. The Hall–Kier alpha value is -1.58. The zero-order valence-corrected chi connectivity index (χ0v) is 14.9. The van der Waals surface area contributed by atoms with Gasteiger partial charge in [0.1, 0.15) is 0 Å². The third kappa shape index (κ3) is 3.28. The molecule has 3 aliphatic heterocycles. The number of nitrogens with one attached hydrogen (secondary N) is 1. The maximum Gasteiger partial charge on any atom is 0.415 e. The van der Waals surface area contributed by atoms with Crippen LogP contribution in [-0.4, -0.2) is 53.8 Å². The van der Waals surface area contributed by atoms with Gasteiger partial charge in [-0.25, -0.2) is 0 Å². The average Bonchev–Trinajstić information content (AvgIpc) is 3.26. The number of carbonyl (C=O) groups is 1. The predicted molar refractivity (Wildman–Crippen MR) is 89.7 cm³/mol. The Morgan fingerprint density at radius 2 is 2.25 bits per heavy atom. The Morgan fingerprint density at radius 1 is 1.42 bits per heavy atom. The molecule has 2 bridgehead atoms. The number of ether oxygens (including phenoxy) is 1. The van der Waals surface area contributed by atoms with E-state index in [-0.39, 0.29) is 18.0 Å². The first-order chi connectivity index (χ1) is 11.7. The van der Waals surface area contributed by atoms with Crippen LogP contribution in [-0.2, 0) is 0 Å². The number of nitrogens with zero attached hydrogens (tertiary/aromatic N) is 3. The van der Waals surface area contributed by atoms with Crippen molar-refractivity contribution in [1.82, 2.24) is 20.4 Å². The van der Waals surface area contributed by atoms with Gasteiger partial charge in [0, 0.05) is 12.6 Å². The van der Waals surface area contributed by atoms with E-state index in [1.807, 2.05) is 12.1 Å². The van der Waals surface area contributed by atoms with Crippen molar-refractivity contribution in [2.24, 2.45) is 5.92 Å². The zero-order valence-electron chi connectivity index (χ0n) is 13.2. The van der Waals surface area contributed by atoms with Crippen LogP contribution in [0.2, 0.25) is 0 Å². The highest BCUT2D eigenvalue weighted by molar-refractivity contribution is 8.01. The topological polar surface area (TPSA) is 80.5 Å². The van der Waals surface area contributed by atoms with Gasteiger partial charge >= 0.3 is 6.08 Å². The smallest absolute Gasteiger partial charge is 0.415 e. The highest BCUT2D eigenvalue weighted by Gasteiger charge is 2.35. The van der Waals surface area contributed by atoms with Crippen molar-refractivity contribution in [3.63, 3.8) is 0 Å². The number of hydrogen-bond acceptors (Lipinski definition) is 8. The van der Waals surface area contributed by atoms with Gasteiger partial charge in [-0.2, -0.15) is 0 Å². The number of amides is 1. The van der Waals surface area contributed by atoms with E-state index in [1.54, 1.807) is 0 Å². The van der Waals surface area contributed by atoms with Crippen molar-refractivity contribution in [3.8, 4) is 6.08 Å². The van der Waals surface area contributed by atoms with Crippen molar-refractivity contribution in [2.75, 3.05) is 26.7 Å². The molecule has 7 nitrogen and oxygen atoms in total. The molecule has 3 fully saturated rings. The first-order valence-electron chi connectivity index (χ1n) is 7.89. The van der Waals surface area contributed by atoms with E-state index in [0.717, 1.165) is 10.8 Å². The number of rotatable bonds is 5. The molecule has 24 heavy (non-hydrogen) atoms. The summed E-state index contributed by atoms with van der Waals surface area (Å²) < 4.78 is 11.1. The van der Waals surface area contributed by atoms with E-state index in [4.69, 9.17) is 9.15 Å². The summed E-state index contributed by atoms with van der Waals surface area (Å²) in [6.07, 6.45) is 2.51. The van der Waals surface area contributed by atoms with Crippen LogP contribution < -0.4 is 10.1 Å². The quantitative estimate of drug-likeness (QED) is 0.868. The zero-order chi connectivity index (χ0) is 16.5. The summed E-state index contributed by atoms with van der Waals surface area (Å²) in [6, 6.07) is 4.02. The monoisotopic (exact) mass is 366 g/mol. The second-order valence-corrected chi connectivity index (χ2v) is 8.31. The van der Waals surface area contributed by atoms with Crippen LogP contribution in [0.25, 0.3) is 0 Å². The fourth-order valence-corrected chi connectivity index (χ4v) is 5.07. The Balaban J connectivity index is 1.38. The Bertz CT molecular complexity index is 724. The van der Waals surface area contributed by atoms with Gasteiger partial charge in [-0.1, -0.05) is 10.2 Å². The summed E-state index contributed by atoms with van der Waals surface area (Å²) in [5, 5.41) is 11.2. The first-order valence-corrected chi connectivity index (χ1v) is 9.53. The SMILES string of the molecule is COc1nnc(Sc2ccc(C(=O)N[C@H]3CN4CCC3CC4)s2)o1. The number of carbonyl (C=O) groups excluding carboxylic acids is 1. The van der Waals surface area contributed by atoms with Crippen molar-refractivity contribution < 1.29 is 13.9 Å². The van der Waals surface area contributed by atoms with Gasteiger partial charge in [0.25, 0.3) is 11.1 Å². The van der Waals surface area contributed by atoms with Gasteiger partial charge in [-0.15, -0.1) is 11.3 Å². The summed E-state index contributed by atoms with van der Waals surface area (Å²) in [5.41, 5.74) is 0. The van der Waals surface area contributed by atoms with Crippen molar-refractivity contribution in [2.45, 2.75) is 28.3 Å². The number of thiophene rings is 1. The van der Waals surface area contributed by atoms with Crippen LogP contribution in [0.5, 0.6) is 6.08 Å². The lowest BCUT2D eigenvalue weighted by atomic mass is 9.84. The molecule has 2 aromatic heterocycles. The lowest BCUT2D eigenvalue weighted by Crippen LogP contribution is -2.57. The minimum atomic E-state index is 0.00806. The highest BCUT2D eigenvalue weighted by Crippen LogP contribution is 2.34. The third-order valence-corrected chi connectivity index (χ3v) is 6.58. The van der Waals surface area contributed by atoms with Gasteiger partial charge in [-0.05, 0) is 55.7 Å². The predicted octanol–water partition coefficient (Wildman–Crippen LogP) is 2.11. The van der Waals surface area contributed by atoms with Gasteiger partial charge in [0.05, 0.1) is 16.2 Å². The van der Waals surface area contributed by atoms with Gasteiger partial charge in [0.2, 0.25) is 0 Å². The van der Waals surface area contributed by atoms with E-state index in [0.29, 0.717) is 16.0 Å². The van der Waals surface area contributed by atoms with E-state index in [2.05, 4.69) is 20.4 Å². The van der Waals surface area contributed by atoms with Gasteiger partial charge in [-0.3, -0.25) is 4.79 Å². The van der Waals surface area contributed by atoms with Crippen LogP contribution in [0.15, 0.2) is 26.0 Å². The molecule has 3 aliphatic rings. The Kier molecular flexibility index (Phi) is 4.47. The molecule has 0 aromatic carbocycles. The molecule has 1 amide bonds. The average molecular weight is 366 g/mol. The molecule has 0 aliphatic carbocycles. The molecule has 0 unspecified atom stereocenters. The molecule has 0 spiro atoms.